The van der Waals surface area contributed by atoms with Gasteiger partial charge in [0.05, 0.1) is 0 Å². The van der Waals surface area contributed by atoms with Crippen LogP contribution < -0.4 is 10.7 Å². The van der Waals surface area contributed by atoms with Crippen molar-refractivity contribution in [1.82, 2.24) is 10.3 Å². The number of amides is 1. The molecule has 0 saturated carbocycles. The molecule has 0 bridgehead atoms. The van der Waals surface area contributed by atoms with Gasteiger partial charge in [-0.2, -0.15) is 0 Å². The number of hydrogen-bond acceptors (Lipinski definition) is 2. The van der Waals surface area contributed by atoms with Gasteiger partial charge in [-0.3, -0.25) is 9.59 Å². The summed E-state index contributed by atoms with van der Waals surface area (Å²) in [6.07, 6.45) is 2.27. The Labute approximate surface area is 103 Å². The predicted octanol–water partition coefficient (Wildman–Crippen LogP) is 1.59. The number of hydrogen-bond donors (Lipinski definition) is 2. The molecule has 1 rings (SSSR count). The molecule has 0 saturated heterocycles. The molecule has 5 heteroatoms. The minimum atomic E-state index is -0.326. The zero-order valence-electron chi connectivity index (χ0n) is 9.34. The maximum Gasteiger partial charge on any atom is 0.256 e. The third-order valence-corrected chi connectivity index (χ3v) is 3.10. The lowest BCUT2D eigenvalue weighted by molar-refractivity contribution is 0.0939. The average Bonchev–Trinajstić information content (AvgIpc) is 2.25. The minimum Gasteiger partial charge on any atom is -0.364 e. The van der Waals surface area contributed by atoms with Crippen molar-refractivity contribution in [3.05, 3.63) is 33.7 Å². The van der Waals surface area contributed by atoms with Crippen molar-refractivity contribution >= 4 is 21.8 Å². The van der Waals surface area contributed by atoms with Crippen molar-refractivity contribution < 1.29 is 4.79 Å². The number of alkyl halides is 1. The third-order valence-electron chi connectivity index (χ3n) is 2.32. The fraction of sp³-hybridized carbons (Fsp3) is 0.455. The summed E-state index contributed by atoms with van der Waals surface area (Å²) < 4.78 is 0. The second-order valence-electron chi connectivity index (χ2n) is 3.63. The summed E-state index contributed by atoms with van der Waals surface area (Å²) in [5, 5.41) is 3.47. The molecule has 2 N–H and O–H groups in total. The lowest BCUT2D eigenvalue weighted by Gasteiger charge is -2.13. The van der Waals surface area contributed by atoms with Crippen LogP contribution in [0.5, 0.6) is 0 Å². The van der Waals surface area contributed by atoms with E-state index >= 15 is 0 Å². The highest BCUT2D eigenvalue weighted by Gasteiger charge is 2.13. The molecular weight excluding hydrogens is 272 g/mol. The quantitative estimate of drug-likeness (QED) is 0.826. The van der Waals surface area contributed by atoms with Crippen LogP contribution in [0, 0.1) is 6.92 Å². The van der Waals surface area contributed by atoms with Gasteiger partial charge in [0.25, 0.3) is 5.91 Å². The monoisotopic (exact) mass is 286 g/mol. The molecule has 0 aliphatic carbocycles. The Kier molecular flexibility index (Phi) is 4.73. The van der Waals surface area contributed by atoms with Gasteiger partial charge in [-0.25, -0.2) is 0 Å². The summed E-state index contributed by atoms with van der Waals surface area (Å²) in [5.41, 5.74) is 0.650. The van der Waals surface area contributed by atoms with Crippen molar-refractivity contribution in [2.75, 3.05) is 5.33 Å². The number of aromatic nitrogens is 1. The van der Waals surface area contributed by atoms with Crippen molar-refractivity contribution in [1.29, 1.82) is 0 Å². The normalized spacial score (nSPS) is 12.2. The summed E-state index contributed by atoms with van der Waals surface area (Å²) in [6.45, 7) is 3.75. The van der Waals surface area contributed by atoms with Crippen LogP contribution in [0.4, 0.5) is 0 Å². The van der Waals surface area contributed by atoms with E-state index in [1.54, 1.807) is 6.92 Å². The number of carbonyl (C=O) groups is 1. The lowest BCUT2D eigenvalue weighted by atomic mass is 10.2. The molecular formula is C11H15BrN2O2. The zero-order valence-corrected chi connectivity index (χ0v) is 10.9. The van der Waals surface area contributed by atoms with Gasteiger partial charge >= 0.3 is 0 Å². The van der Waals surface area contributed by atoms with Crippen LogP contribution in [-0.2, 0) is 0 Å². The summed E-state index contributed by atoms with van der Waals surface area (Å²) >= 11 is 3.31. The fourth-order valence-electron chi connectivity index (χ4n) is 1.26. The standard InChI is InChI=1S/C11H15BrN2O2/c1-3-8(5-12)14-11(16)9-6-13-7(2)4-10(9)15/h4,6,8H,3,5H2,1-2H3,(H,13,15)(H,14,16). The smallest absolute Gasteiger partial charge is 0.256 e. The molecule has 1 unspecified atom stereocenters. The summed E-state index contributed by atoms with van der Waals surface area (Å²) in [7, 11) is 0. The maximum absolute atomic E-state index is 11.8. The molecule has 1 aromatic rings. The summed E-state index contributed by atoms with van der Waals surface area (Å²) in [4.78, 5) is 26.2. The van der Waals surface area contributed by atoms with E-state index in [9.17, 15) is 9.59 Å². The summed E-state index contributed by atoms with van der Waals surface area (Å²) in [5.74, 6) is -0.326. The van der Waals surface area contributed by atoms with Crippen LogP contribution in [0.1, 0.15) is 29.4 Å². The molecule has 0 aliphatic rings. The number of halogens is 1. The molecule has 0 aliphatic heterocycles. The highest BCUT2D eigenvalue weighted by Crippen LogP contribution is 1.99. The van der Waals surface area contributed by atoms with E-state index in [-0.39, 0.29) is 22.9 Å². The highest BCUT2D eigenvalue weighted by atomic mass is 79.9. The first-order valence-corrected chi connectivity index (χ1v) is 6.26. The predicted molar refractivity (Wildman–Crippen MR) is 67.1 cm³/mol. The van der Waals surface area contributed by atoms with Gasteiger partial charge in [0.2, 0.25) is 0 Å². The van der Waals surface area contributed by atoms with Crippen molar-refractivity contribution in [2.45, 2.75) is 26.3 Å². The molecule has 4 nitrogen and oxygen atoms in total. The molecule has 0 fully saturated rings. The first-order chi connectivity index (χ1) is 7.58. The van der Waals surface area contributed by atoms with Gasteiger partial charge in [-0.05, 0) is 13.3 Å². The van der Waals surface area contributed by atoms with E-state index in [2.05, 4.69) is 26.2 Å². The minimum absolute atomic E-state index is 0.0493. The first kappa shape index (κ1) is 13.0. The van der Waals surface area contributed by atoms with E-state index in [0.29, 0.717) is 5.33 Å². The van der Waals surface area contributed by atoms with Gasteiger partial charge in [-0.1, -0.05) is 22.9 Å². The number of nitrogens with one attached hydrogen (secondary N) is 2. The van der Waals surface area contributed by atoms with E-state index < -0.39 is 0 Å². The molecule has 1 heterocycles. The average molecular weight is 287 g/mol. The number of pyridine rings is 1. The van der Waals surface area contributed by atoms with Crippen molar-refractivity contribution in [3.8, 4) is 0 Å². The number of aryl methyl sites for hydroxylation is 1. The van der Waals surface area contributed by atoms with Crippen LogP contribution in [0.15, 0.2) is 17.1 Å². The van der Waals surface area contributed by atoms with Gasteiger partial charge < -0.3 is 10.3 Å². The van der Waals surface area contributed by atoms with Crippen LogP contribution >= 0.6 is 15.9 Å². The number of rotatable bonds is 4. The molecule has 1 amide bonds. The van der Waals surface area contributed by atoms with Gasteiger partial charge in [0, 0.05) is 29.3 Å². The van der Waals surface area contributed by atoms with E-state index in [4.69, 9.17) is 0 Å². The third kappa shape index (κ3) is 3.20. The van der Waals surface area contributed by atoms with E-state index in [0.717, 1.165) is 12.1 Å². The number of carbonyl (C=O) groups excluding carboxylic acids is 1. The first-order valence-electron chi connectivity index (χ1n) is 5.14. The number of H-pyrrole nitrogens is 1. The Bertz CT molecular complexity index is 424. The SMILES string of the molecule is CCC(CBr)NC(=O)c1c[nH]c(C)cc1=O. The maximum atomic E-state index is 11.8. The number of aromatic amines is 1. The lowest BCUT2D eigenvalue weighted by Crippen LogP contribution is -2.37. The molecule has 0 spiro atoms. The van der Waals surface area contributed by atoms with Gasteiger partial charge in [-0.15, -0.1) is 0 Å². The fourth-order valence-corrected chi connectivity index (χ4v) is 1.88. The van der Waals surface area contributed by atoms with Crippen LogP contribution in [0.3, 0.4) is 0 Å². The molecule has 0 aromatic carbocycles. The Morgan fingerprint density at radius 1 is 1.62 bits per heavy atom. The Balaban J connectivity index is 2.85. The topological polar surface area (TPSA) is 62.0 Å². The molecule has 1 atom stereocenters. The van der Waals surface area contributed by atoms with E-state index in [1.165, 1.54) is 12.3 Å². The molecule has 16 heavy (non-hydrogen) atoms. The van der Waals surface area contributed by atoms with Crippen LogP contribution in [-0.4, -0.2) is 22.3 Å². The Hall–Kier alpha value is -1.10. The van der Waals surface area contributed by atoms with Gasteiger partial charge in [0.15, 0.2) is 5.43 Å². The van der Waals surface area contributed by atoms with Crippen LogP contribution in [0.2, 0.25) is 0 Å². The molecule has 0 radical (unpaired) electrons. The molecule has 1 aromatic heterocycles. The second kappa shape index (κ2) is 5.84. The van der Waals surface area contributed by atoms with Crippen LogP contribution in [0.25, 0.3) is 0 Å². The second-order valence-corrected chi connectivity index (χ2v) is 4.27. The van der Waals surface area contributed by atoms with E-state index in [1.807, 2.05) is 6.92 Å². The Morgan fingerprint density at radius 3 is 2.81 bits per heavy atom. The largest absolute Gasteiger partial charge is 0.364 e. The zero-order chi connectivity index (χ0) is 12.1. The van der Waals surface area contributed by atoms with Crippen molar-refractivity contribution in [3.63, 3.8) is 0 Å². The highest BCUT2D eigenvalue weighted by molar-refractivity contribution is 9.09. The van der Waals surface area contributed by atoms with Crippen molar-refractivity contribution in [2.24, 2.45) is 0 Å². The summed E-state index contributed by atoms with van der Waals surface area (Å²) in [6, 6.07) is 1.47. The molecule has 88 valence electrons. The Morgan fingerprint density at radius 2 is 2.31 bits per heavy atom. The van der Waals surface area contributed by atoms with Gasteiger partial charge in [0.1, 0.15) is 5.56 Å².